The molecule has 4 heteroatoms. The molecule has 1 aliphatic heterocycles. The molecule has 15 heavy (non-hydrogen) atoms. The van der Waals surface area contributed by atoms with Crippen LogP contribution in [-0.4, -0.2) is 30.4 Å². The Kier molecular flexibility index (Phi) is 5.51. The number of rotatable bonds is 5. The molecule has 0 aromatic carbocycles. The molecule has 1 heterocycles. The van der Waals surface area contributed by atoms with Gasteiger partial charge in [0.2, 0.25) is 0 Å². The van der Waals surface area contributed by atoms with Crippen molar-refractivity contribution in [1.82, 2.24) is 10.2 Å². The maximum absolute atomic E-state index is 11.5. The highest BCUT2D eigenvalue weighted by Crippen LogP contribution is 1.99. The van der Waals surface area contributed by atoms with Crippen molar-refractivity contribution in [3.8, 4) is 0 Å². The number of carbonyl (C=O) groups is 1. The summed E-state index contributed by atoms with van der Waals surface area (Å²) >= 11 is 0. The number of aliphatic imine (C=N–C) groups is 1. The van der Waals surface area contributed by atoms with Gasteiger partial charge in [0.1, 0.15) is 6.67 Å². The molecule has 0 aromatic heterocycles. The van der Waals surface area contributed by atoms with Crippen molar-refractivity contribution >= 4 is 12.2 Å². The SMILES string of the molecule is CCCCCCNC(=O)N1C=CC=NC1. The lowest BCUT2D eigenvalue weighted by molar-refractivity contribution is 0.216. The molecule has 0 saturated heterocycles. The fraction of sp³-hybridized carbons (Fsp3) is 0.636. The maximum Gasteiger partial charge on any atom is 0.322 e. The lowest BCUT2D eigenvalue weighted by Crippen LogP contribution is -2.37. The van der Waals surface area contributed by atoms with E-state index in [4.69, 9.17) is 0 Å². The van der Waals surface area contributed by atoms with Gasteiger partial charge in [-0.2, -0.15) is 0 Å². The minimum atomic E-state index is -0.0559. The Bertz CT molecular complexity index is 248. The first-order valence-electron chi connectivity index (χ1n) is 5.55. The van der Waals surface area contributed by atoms with E-state index in [9.17, 15) is 4.79 Å². The largest absolute Gasteiger partial charge is 0.338 e. The number of carbonyl (C=O) groups excluding carboxylic acids is 1. The Labute approximate surface area is 91.1 Å². The van der Waals surface area contributed by atoms with E-state index < -0.39 is 0 Å². The fourth-order valence-electron chi connectivity index (χ4n) is 1.37. The zero-order chi connectivity index (χ0) is 10.9. The Balaban J connectivity index is 2.08. The molecule has 0 fully saturated rings. The second-order valence-corrected chi connectivity index (χ2v) is 3.58. The molecule has 4 nitrogen and oxygen atoms in total. The molecular weight excluding hydrogens is 190 g/mol. The smallest absolute Gasteiger partial charge is 0.322 e. The topological polar surface area (TPSA) is 44.7 Å². The van der Waals surface area contributed by atoms with Crippen LogP contribution >= 0.6 is 0 Å². The first-order chi connectivity index (χ1) is 7.34. The number of hydrogen-bond acceptors (Lipinski definition) is 2. The first kappa shape index (κ1) is 11.8. The molecule has 0 spiro atoms. The number of amides is 2. The molecule has 0 radical (unpaired) electrons. The van der Waals surface area contributed by atoms with E-state index in [1.807, 2.05) is 0 Å². The van der Waals surface area contributed by atoms with E-state index in [2.05, 4.69) is 17.2 Å². The normalized spacial score (nSPS) is 14.3. The molecule has 1 N–H and O–H groups in total. The van der Waals surface area contributed by atoms with Crippen LogP contribution < -0.4 is 5.32 Å². The Morgan fingerprint density at radius 3 is 3.00 bits per heavy atom. The Morgan fingerprint density at radius 2 is 2.33 bits per heavy atom. The molecule has 1 aliphatic rings. The highest BCUT2D eigenvalue weighted by molar-refractivity contribution is 5.79. The lowest BCUT2D eigenvalue weighted by atomic mass is 10.2. The van der Waals surface area contributed by atoms with Gasteiger partial charge in [0, 0.05) is 19.0 Å². The van der Waals surface area contributed by atoms with Gasteiger partial charge in [0.05, 0.1) is 0 Å². The highest BCUT2D eigenvalue weighted by atomic mass is 16.2. The van der Waals surface area contributed by atoms with E-state index in [1.54, 1.807) is 23.4 Å². The number of hydrogen-bond donors (Lipinski definition) is 1. The van der Waals surface area contributed by atoms with Crippen LogP contribution in [0.1, 0.15) is 32.6 Å². The van der Waals surface area contributed by atoms with Gasteiger partial charge in [0.15, 0.2) is 0 Å². The molecule has 0 unspecified atom stereocenters. The number of urea groups is 1. The van der Waals surface area contributed by atoms with E-state index in [-0.39, 0.29) is 6.03 Å². The van der Waals surface area contributed by atoms with Crippen molar-refractivity contribution in [2.75, 3.05) is 13.2 Å². The van der Waals surface area contributed by atoms with Gasteiger partial charge in [-0.3, -0.25) is 9.89 Å². The van der Waals surface area contributed by atoms with Crippen molar-refractivity contribution in [3.05, 3.63) is 12.3 Å². The van der Waals surface area contributed by atoms with Gasteiger partial charge >= 0.3 is 6.03 Å². The van der Waals surface area contributed by atoms with Gasteiger partial charge in [-0.05, 0) is 12.5 Å². The van der Waals surface area contributed by atoms with E-state index in [1.165, 1.54) is 19.3 Å². The summed E-state index contributed by atoms with van der Waals surface area (Å²) in [6, 6.07) is -0.0559. The van der Waals surface area contributed by atoms with Crippen molar-refractivity contribution < 1.29 is 4.79 Å². The van der Waals surface area contributed by atoms with Gasteiger partial charge in [-0.1, -0.05) is 26.2 Å². The molecule has 2 amide bonds. The number of nitrogens with zero attached hydrogens (tertiary/aromatic N) is 2. The zero-order valence-electron chi connectivity index (χ0n) is 9.28. The predicted octanol–water partition coefficient (Wildman–Crippen LogP) is 2.13. The third kappa shape index (κ3) is 4.63. The molecule has 1 rings (SSSR count). The average Bonchev–Trinajstić information content (AvgIpc) is 2.30. The standard InChI is InChI=1S/C11H19N3O/c1-2-3-4-5-8-13-11(15)14-9-6-7-12-10-14/h6-7,9H,2-5,8,10H2,1H3,(H,13,15). The Hall–Kier alpha value is -1.32. The van der Waals surface area contributed by atoms with Crippen LogP contribution in [0.5, 0.6) is 0 Å². The molecule has 0 atom stereocenters. The highest BCUT2D eigenvalue weighted by Gasteiger charge is 2.09. The molecule has 84 valence electrons. The summed E-state index contributed by atoms with van der Waals surface area (Å²) in [5.74, 6) is 0. The first-order valence-corrected chi connectivity index (χ1v) is 5.55. The van der Waals surface area contributed by atoms with Crippen LogP contribution in [0, 0.1) is 0 Å². The summed E-state index contributed by atoms with van der Waals surface area (Å²) in [7, 11) is 0. The van der Waals surface area contributed by atoms with Crippen LogP contribution in [0.2, 0.25) is 0 Å². The molecule has 0 saturated carbocycles. The summed E-state index contributed by atoms with van der Waals surface area (Å²) < 4.78 is 0. The summed E-state index contributed by atoms with van der Waals surface area (Å²) in [4.78, 5) is 17.1. The maximum atomic E-state index is 11.5. The lowest BCUT2D eigenvalue weighted by Gasteiger charge is -2.18. The van der Waals surface area contributed by atoms with E-state index in [0.717, 1.165) is 13.0 Å². The average molecular weight is 209 g/mol. The van der Waals surface area contributed by atoms with Gasteiger partial charge in [-0.15, -0.1) is 0 Å². The summed E-state index contributed by atoms with van der Waals surface area (Å²) in [6.45, 7) is 3.36. The van der Waals surface area contributed by atoms with Crippen molar-refractivity contribution in [1.29, 1.82) is 0 Å². The summed E-state index contributed by atoms with van der Waals surface area (Å²) in [5, 5.41) is 2.87. The molecular formula is C11H19N3O. The van der Waals surface area contributed by atoms with Gasteiger partial charge < -0.3 is 5.32 Å². The molecule has 0 bridgehead atoms. The predicted molar refractivity (Wildman–Crippen MR) is 61.9 cm³/mol. The number of nitrogens with one attached hydrogen (secondary N) is 1. The van der Waals surface area contributed by atoms with Gasteiger partial charge in [0.25, 0.3) is 0 Å². The van der Waals surface area contributed by atoms with Gasteiger partial charge in [-0.25, -0.2) is 4.79 Å². The second-order valence-electron chi connectivity index (χ2n) is 3.58. The van der Waals surface area contributed by atoms with Crippen molar-refractivity contribution in [2.24, 2.45) is 4.99 Å². The number of allylic oxidation sites excluding steroid dienone is 1. The summed E-state index contributed by atoms with van der Waals surface area (Å²) in [5.41, 5.74) is 0. The van der Waals surface area contributed by atoms with Crippen LogP contribution in [0.25, 0.3) is 0 Å². The molecule has 0 aromatic rings. The second kappa shape index (κ2) is 7.04. The Morgan fingerprint density at radius 1 is 1.47 bits per heavy atom. The van der Waals surface area contributed by atoms with Crippen molar-refractivity contribution in [2.45, 2.75) is 32.6 Å². The molecule has 0 aliphatic carbocycles. The number of unbranched alkanes of at least 4 members (excludes halogenated alkanes) is 3. The zero-order valence-corrected chi connectivity index (χ0v) is 9.28. The monoisotopic (exact) mass is 209 g/mol. The van der Waals surface area contributed by atoms with Crippen LogP contribution in [0.4, 0.5) is 4.79 Å². The van der Waals surface area contributed by atoms with Crippen LogP contribution in [0.15, 0.2) is 17.3 Å². The minimum Gasteiger partial charge on any atom is -0.338 e. The van der Waals surface area contributed by atoms with Crippen LogP contribution in [0.3, 0.4) is 0 Å². The third-order valence-electron chi connectivity index (χ3n) is 2.26. The fourth-order valence-corrected chi connectivity index (χ4v) is 1.37. The van der Waals surface area contributed by atoms with Crippen LogP contribution in [-0.2, 0) is 0 Å². The van der Waals surface area contributed by atoms with E-state index in [0.29, 0.717) is 6.67 Å². The summed E-state index contributed by atoms with van der Waals surface area (Å²) in [6.07, 6.45) is 9.91. The quantitative estimate of drug-likeness (QED) is 0.693. The van der Waals surface area contributed by atoms with Crippen molar-refractivity contribution in [3.63, 3.8) is 0 Å². The van der Waals surface area contributed by atoms with E-state index >= 15 is 0 Å². The third-order valence-corrected chi connectivity index (χ3v) is 2.26. The minimum absolute atomic E-state index is 0.0559.